The van der Waals surface area contributed by atoms with Crippen LogP contribution in [0.3, 0.4) is 0 Å². The van der Waals surface area contributed by atoms with Gasteiger partial charge in [0, 0.05) is 0 Å². The second kappa shape index (κ2) is 5.73. The summed E-state index contributed by atoms with van der Waals surface area (Å²) in [5.74, 6) is -6.19. The Morgan fingerprint density at radius 3 is 2.37 bits per heavy atom. The molecule has 0 fully saturated rings. The molecule has 4 nitrogen and oxygen atoms in total. The molecule has 7 heteroatoms. The molecular formula is C12H7F3N2O2. The third-order valence-corrected chi connectivity index (χ3v) is 2.09. The molecule has 19 heavy (non-hydrogen) atoms. The van der Waals surface area contributed by atoms with Gasteiger partial charge in [-0.1, -0.05) is 0 Å². The highest BCUT2D eigenvalue weighted by Crippen LogP contribution is 2.22. The third-order valence-electron chi connectivity index (χ3n) is 2.09. The highest BCUT2D eigenvalue weighted by atomic mass is 19.2. The van der Waals surface area contributed by atoms with Crippen LogP contribution in [0, 0.1) is 28.8 Å². The molecule has 0 bridgehead atoms. The molecular weight excluding hydrogens is 261 g/mol. The van der Waals surface area contributed by atoms with Gasteiger partial charge in [-0.15, -0.1) is 0 Å². The zero-order valence-corrected chi connectivity index (χ0v) is 9.32. The SMILES string of the molecule is N#C/C(=C\C=C(/O)c1c(F)ccc(F)c1F)C(N)=O. The molecule has 0 saturated heterocycles. The second-order valence-corrected chi connectivity index (χ2v) is 3.33. The molecule has 0 atom stereocenters. The molecule has 1 amide bonds. The van der Waals surface area contributed by atoms with Crippen molar-refractivity contribution >= 4 is 11.7 Å². The smallest absolute Gasteiger partial charge is 0.259 e. The van der Waals surface area contributed by atoms with Crippen molar-refractivity contribution in [2.24, 2.45) is 5.73 Å². The maximum Gasteiger partial charge on any atom is 0.259 e. The number of nitrogens with two attached hydrogens (primary N) is 1. The summed E-state index contributed by atoms with van der Waals surface area (Å²) >= 11 is 0. The Bertz CT molecular complexity index is 631. The number of aliphatic hydroxyl groups is 1. The van der Waals surface area contributed by atoms with Crippen molar-refractivity contribution < 1.29 is 23.1 Å². The average Bonchev–Trinajstić information content (AvgIpc) is 2.34. The van der Waals surface area contributed by atoms with E-state index in [-0.39, 0.29) is 0 Å². The van der Waals surface area contributed by atoms with Gasteiger partial charge in [-0.05, 0) is 24.3 Å². The lowest BCUT2D eigenvalue weighted by Gasteiger charge is -2.04. The lowest BCUT2D eigenvalue weighted by atomic mass is 10.1. The number of rotatable bonds is 3. The Morgan fingerprint density at radius 1 is 1.26 bits per heavy atom. The zero-order chi connectivity index (χ0) is 14.6. The van der Waals surface area contributed by atoms with Crippen LogP contribution in [0.1, 0.15) is 5.56 Å². The molecule has 0 spiro atoms. The van der Waals surface area contributed by atoms with Gasteiger partial charge in [0.15, 0.2) is 11.6 Å². The number of carbonyl (C=O) groups excluding carboxylic acids is 1. The maximum atomic E-state index is 13.3. The molecule has 0 heterocycles. The first-order valence-corrected chi connectivity index (χ1v) is 4.83. The zero-order valence-electron chi connectivity index (χ0n) is 9.32. The van der Waals surface area contributed by atoms with E-state index in [0.29, 0.717) is 18.2 Å². The van der Waals surface area contributed by atoms with Crippen LogP contribution in [0.4, 0.5) is 13.2 Å². The lowest BCUT2D eigenvalue weighted by Crippen LogP contribution is -2.12. The van der Waals surface area contributed by atoms with Crippen LogP contribution < -0.4 is 5.73 Å². The number of allylic oxidation sites excluding steroid dienone is 2. The first kappa shape index (κ1) is 14.3. The fourth-order valence-electron chi connectivity index (χ4n) is 1.18. The fraction of sp³-hybridized carbons (Fsp3) is 0. The number of carbonyl (C=O) groups is 1. The van der Waals surface area contributed by atoms with Crippen LogP contribution in [-0.4, -0.2) is 11.0 Å². The summed E-state index contributed by atoms with van der Waals surface area (Å²) in [5.41, 5.74) is 3.27. The van der Waals surface area contributed by atoms with Crippen LogP contribution in [0.2, 0.25) is 0 Å². The Labute approximate surface area is 105 Å². The second-order valence-electron chi connectivity index (χ2n) is 3.33. The minimum absolute atomic E-state index is 0.538. The van der Waals surface area contributed by atoms with Gasteiger partial charge in [0.2, 0.25) is 0 Å². The number of aliphatic hydroxyl groups excluding tert-OH is 1. The molecule has 0 saturated carbocycles. The number of nitriles is 1. The Morgan fingerprint density at radius 2 is 1.84 bits per heavy atom. The first-order chi connectivity index (χ1) is 8.88. The van der Waals surface area contributed by atoms with Gasteiger partial charge >= 0.3 is 0 Å². The Kier molecular flexibility index (Phi) is 4.32. The molecule has 1 aromatic rings. The highest BCUT2D eigenvalue weighted by Gasteiger charge is 2.17. The fourth-order valence-corrected chi connectivity index (χ4v) is 1.18. The van der Waals surface area contributed by atoms with Crippen molar-refractivity contribution in [3.05, 3.63) is 52.9 Å². The number of hydrogen-bond donors (Lipinski definition) is 2. The van der Waals surface area contributed by atoms with Crippen molar-refractivity contribution in [2.45, 2.75) is 0 Å². The van der Waals surface area contributed by atoms with Crippen molar-refractivity contribution in [1.82, 2.24) is 0 Å². The van der Waals surface area contributed by atoms with E-state index in [4.69, 9.17) is 11.0 Å². The van der Waals surface area contributed by atoms with Gasteiger partial charge in [0.05, 0.1) is 5.56 Å². The predicted octanol–water partition coefficient (Wildman–Crippen LogP) is 1.94. The number of amides is 1. The third kappa shape index (κ3) is 3.13. The van der Waals surface area contributed by atoms with Crippen molar-refractivity contribution in [3.8, 4) is 6.07 Å². The normalized spacial score (nSPS) is 12.1. The number of primary amides is 1. The van der Waals surface area contributed by atoms with Crippen molar-refractivity contribution in [3.63, 3.8) is 0 Å². The molecule has 98 valence electrons. The number of hydrogen-bond acceptors (Lipinski definition) is 3. The summed E-state index contributed by atoms with van der Waals surface area (Å²) in [6.07, 6.45) is 1.44. The van der Waals surface area contributed by atoms with Crippen LogP contribution >= 0.6 is 0 Å². The summed E-state index contributed by atoms with van der Waals surface area (Å²) in [4.78, 5) is 10.7. The molecule has 1 aromatic carbocycles. The number of halogens is 3. The van der Waals surface area contributed by atoms with E-state index < -0.39 is 40.3 Å². The molecule has 1 rings (SSSR count). The van der Waals surface area contributed by atoms with Gasteiger partial charge in [-0.2, -0.15) is 5.26 Å². The summed E-state index contributed by atoms with van der Waals surface area (Å²) in [7, 11) is 0. The summed E-state index contributed by atoms with van der Waals surface area (Å²) in [6, 6.07) is 2.60. The van der Waals surface area contributed by atoms with Crippen LogP contribution in [0.15, 0.2) is 29.9 Å². The summed E-state index contributed by atoms with van der Waals surface area (Å²) in [6.45, 7) is 0. The van der Waals surface area contributed by atoms with Crippen LogP contribution in [-0.2, 0) is 4.79 Å². The van der Waals surface area contributed by atoms with E-state index >= 15 is 0 Å². The molecule has 0 unspecified atom stereocenters. The molecule has 0 aromatic heterocycles. The lowest BCUT2D eigenvalue weighted by molar-refractivity contribution is -0.114. The summed E-state index contributed by atoms with van der Waals surface area (Å²) in [5, 5.41) is 17.9. The van der Waals surface area contributed by atoms with Crippen molar-refractivity contribution in [1.29, 1.82) is 5.26 Å². The average molecular weight is 268 g/mol. The predicted molar refractivity (Wildman–Crippen MR) is 59.8 cm³/mol. The monoisotopic (exact) mass is 268 g/mol. The van der Waals surface area contributed by atoms with Crippen LogP contribution in [0.25, 0.3) is 5.76 Å². The quantitative estimate of drug-likeness (QED) is 0.289. The highest BCUT2D eigenvalue weighted by molar-refractivity contribution is 5.96. The van der Waals surface area contributed by atoms with E-state index in [1.165, 1.54) is 6.07 Å². The molecule has 0 aliphatic heterocycles. The molecule has 0 aliphatic carbocycles. The van der Waals surface area contributed by atoms with Crippen LogP contribution in [0.5, 0.6) is 0 Å². The Balaban J connectivity index is 3.29. The maximum absolute atomic E-state index is 13.3. The van der Waals surface area contributed by atoms with E-state index in [2.05, 4.69) is 0 Å². The van der Waals surface area contributed by atoms with Gasteiger partial charge < -0.3 is 10.8 Å². The Hall–Kier alpha value is -2.75. The van der Waals surface area contributed by atoms with Crippen molar-refractivity contribution in [2.75, 3.05) is 0 Å². The molecule has 3 N–H and O–H groups in total. The minimum Gasteiger partial charge on any atom is -0.507 e. The molecule has 0 radical (unpaired) electrons. The largest absolute Gasteiger partial charge is 0.507 e. The first-order valence-electron chi connectivity index (χ1n) is 4.83. The molecule has 0 aliphatic rings. The van der Waals surface area contributed by atoms with E-state index in [0.717, 1.165) is 6.08 Å². The van der Waals surface area contributed by atoms with E-state index in [9.17, 15) is 23.1 Å². The van der Waals surface area contributed by atoms with E-state index in [1.54, 1.807) is 0 Å². The van der Waals surface area contributed by atoms with Gasteiger partial charge in [-0.25, -0.2) is 13.2 Å². The van der Waals surface area contributed by atoms with Gasteiger partial charge in [0.25, 0.3) is 5.91 Å². The minimum atomic E-state index is -1.58. The number of nitrogens with zero attached hydrogens (tertiary/aromatic N) is 1. The van der Waals surface area contributed by atoms with Gasteiger partial charge in [-0.3, -0.25) is 4.79 Å². The van der Waals surface area contributed by atoms with Gasteiger partial charge in [0.1, 0.15) is 23.2 Å². The number of benzene rings is 1. The standard InChI is InChI=1S/C12H7F3N2O2/c13-7-2-3-8(14)11(15)10(7)9(18)4-1-6(5-16)12(17)19/h1-4,18H,(H2,17,19)/b6-1+,9-4-. The van der Waals surface area contributed by atoms with E-state index in [1.807, 2.05) is 0 Å². The summed E-state index contributed by atoms with van der Waals surface area (Å²) < 4.78 is 39.4. The topological polar surface area (TPSA) is 87.1 Å².